The van der Waals surface area contributed by atoms with Crippen molar-refractivity contribution in [2.75, 3.05) is 6.61 Å². The largest absolute Gasteiger partial charge is 0.462 e. The number of hydrogen-bond acceptors (Lipinski definition) is 4. The zero-order valence-electron chi connectivity index (χ0n) is 7.95. The fraction of sp³-hybridized carbons (Fsp3) is 0.222. The van der Waals surface area contributed by atoms with Gasteiger partial charge in [0, 0.05) is 0 Å². The van der Waals surface area contributed by atoms with Crippen molar-refractivity contribution in [2.24, 2.45) is 0 Å². The Labute approximate surface area is 90.4 Å². The van der Waals surface area contributed by atoms with E-state index in [1.165, 1.54) is 12.3 Å². The minimum Gasteiger partial charge on any atom is -0.462 e. The van der Waals surface area contributed by atoms with Crippen molar-refractivity contribution in [1.29, 1.82) is 0 Å². The molecular weight excluding hydrogens is 218 g/mol. The molecule has 2 rings (SSSR count). The fourth-order valence-electron chi connectivity index (χ4n) is 1.27. The van der Waals surface area contributed by atoms with Crippen LogP contribution in [0.1, 0.15) is 17.3 Å². The Morgan fingerprint density at radius 2 is 2.47 bits per heavy atom. The molecule has 5 nitrogen and oxygen atoms in total. The van der Waals surface area contributed by atoms with Gasteiger partial charge in [0.05, 0.1) is 23.9 Å². The topological polar surface area (TPSA) is 67.9 Å². The Hall–Kier alpha value is -1.62. The van der Waals surface area contributed by atoms with Crippen molar-refractivity contribution in [2.45, 2.75) is 6.92 Å². The van der Waals surface area contributed by atoms with Crippen LogP contribution in [0.25, 0.3) is 11.0 Å². The summed E-state index contributed by atoms with van der Waals surface area (Å²) >= 11 is 5.76. The van der Waals surface area contributed by atoms with Gasteiger partial charge in [-0.25, -0.2) is 9.78 Å². The molecular formula is C9H8ClN3O2. The first-order valence-corrected chi connectivity index (χ1v) is 4.77. The highest BCUT2D eigenvalue weighted by Gasteiger charge is 2.14. The van der Waals surface area contributed by atoms with Crippen LogP contribution < -0.4 is 0 Å². The molecule has 78 valence electrons. The molecule has 6 heteroatoms. The number of pyridine rings is 1. The molecule has 0 amide bonds. The van der Waals surface area contributed by atoms with E-state index in [1.54, 1.807) is 6.92 Å². The van der Waals surface area contributed by atoms with E-state index in [-0.39, 0.29) is 5.15 Å². The van der Waals surface area contributed by atoms with E-state index in [2.05, 4.69) is 15.2 Å². The monoisotopic (exact) mass is 225 g/mol. The predicted octanol–water partition coefficient (Wildman–Crippen LogP) is 1.79. The van der Waals surface area contributed by atoms with Gasteiger partial charge in [-0.3, -0.25) is 5.10 Å². The fourth-order valence-corrected chi connectivity index (χ4v) is 1.47. The van der Waals surface area contributed by atoms with Gasteiger partial charge in [-0.15, -0.1) is 0 Å². The van der Waals surface area contributed by atoms with Crippen LogP contribution in [0.4, 0.5) is 0 Å². The third kappa shape index (κ3) is 1.78. The first kappa shape index (κ1) is 9.92. The zero-order chi connectivity index (χ0) is 10.8. The number of hydrogen-bond donors (Lipinski definition) is 1. The van der Waals surface area contributed by atoms with Gasteiger partial charge < -0.3 is 4.74 Å². The standard InChI is InChI=1S/C9H8ClN3O2/c1-2-15-9(14)5-3-7(10)12-6-4-11-13-8(5)6/h3-4H,2H2,1H3,(H,11,13). The maximum Gasteiger partial charge on any atom is 0.340 e. The molecule has 0 saturated carbocycles. The smallest absolute Gasteiger partial charge is 0.340 e. The predicted molar refractivity (Wildman–Crippen MR) is 54.9 cm³/mol. The summed E-state index contributed by atoms with van der Waals surface area (Å²) in [7, 11) is 0. The van der Waals surface area contributed by atoms with Crippen molar-refractivity contribution >= 4 is 28.6 Å². The Balaban J connectivity index is 2.57. The highest BCUT2D eigenvalue weighted by atomic mass is 35.5. The van der Waals surface area contributed by atoms with Crippen LogP contribution in [0.15, 0.2) is 12.3 Å². The van der Waals surface area contributed by atoms with Gasteiger partial charge >= 0.3 is 5.97 Å². The summed E-state index contributed by atoms with van der Waals surface area (Å²) in [5, 5.41) is 6.72. The molecule has 2 aromatic heterocycles. The number of nitrogens with zero attached hydrogens (tertiary/aromatic N) is 2. The van der Waals surface area contributed by atoms with Crippen LogP contribution in [0.3, 0.4) is 0 Å². The van der Waals surface area contributed by atoms with E-state index >= 15 is 0 Å². The lowest BCUT2D eigenvalue weighted by Crippen LogP contribution is -2.06. The number of halogens is 1. The van der Waals surface area contributed by atoms with Crippen molar-refractivity contribution in [1.82, 2.24) is 15.2 Å². The first-order valence-electron chi connectivity index (χ1n) is 4.39. The second-order valence-electron chi connectivity index (χ2n) is 2.84. The number of esters is 1. The number of aromatic amines is 1. The molecule has 0 atom stereocenters. The molecule has 15 heavy (non-hydrogen) atoms. The molecule has 0 aliphatic rings. The third-order valence-corrected chi connectivity index (χ3v) is 2.07. The van der Waals surface area contributed by atoms with E-state index in [0.29, 0.717) is 23.2 Å². The maximum absolute atomic E-state index is 11.6. The molecule has 0 unspecified atom stereocenters. The number of carbonyl (C=O) groups excluding carboxylic acids is 1. The number of rotatable bonds is 2. The van der Waals surface area contributed by atoms with Gasteiger partial charge in [0.15, 0.2) is 0 Å². The SMILES string of the molecule is CCOC(=O)c1cc(Cl)nc2cn[nH]c12. The summed E-state index contributed by atoms with van der Waals surface area (Å²) in [5.41, 5.74) is 1.44. The number of nitrogens with one attached hydrogen (secondary N) is 1. The van der Waals surface area contributed by atoms with Crippen molar-refractivity contribution in [3.05, 3.63) is 23.0 Å². The zero-order valence-corrected chi connectivity index (χ0v) is 8.71. The molecule has 0 spiro atoms. The van der Waals surface area contributed by atoms with Gasteiger partial charge in [-0.1, -0.05) is 11.6 Å². The highest BCUT2D eigenvalue weighted by Crippen LogP contribution is 2.19. The molecule has 2 aromatic rings. The Bertz CT molecular complexity index is 509. The molecule has 0 aromatic carbocycles. The summed E-state index contributed by atoms with van der Waals surface area (Å²) in [4.78, 5) is 15.6. The third-order valence-electron chi connectivity index (χ3n) is 1.87. The van der Waals surface area contributed by atoms with E-state index in [1.807, 2.05) is 0 Å². The normalized spacial score (nSPS) is 10.5. The summed E-state index contributed by atoms with van der Waals surface area (Å²) in [6, 6.07) is 1.46. The lowest BCUT2D eigenvalue weighted by molar-refractivity contribution is 0.0528. The van der Waals surface area contributed by atoms with Gasteiger partial charge in [0.2, 0.25) is 0 Å². The minimum atomic E-state index is -0.434. The van der Waals surface area contributed by atoms with Crippen LogP contribution in [-0.4, -0.2) is 27.8 Å². The number of aromatic nitrogens is 3. The minimum absolute atomic E-state index is 0.243. The van der Waals surface area contributed by atoms with Crippen molar-refractivity contribution < 1.29 is 9.53 Å². The van der Waals surface area contributed by atoms with Gasteiger partial charge in [-0.05, 0) is 13.0 Å². The van der Waals surface area contributed by atoms with E-state index < -0.39 is 5.97 Å². The maximum atomic E-state index is 11.6. The second-order valence-corrected chi connectivity index (χ2v) is 3.23. The van der Waals surface area contributed by atoms with Crippen LogP contribution in [0, 0.1) is 0 Å². The number of carbonyl (C=O) groups is 1. The molecule has 2 heterocycles. The molecule has 0 radical (unpaired) electrons. The molecule has 0 bridgehead atoms. The average molecular weight is 226 g/mol. The second kappa shape index (κ2) is 3.86. The van der Waals surface area contributed by atoms with E-state index in [4.69, 9.17) is 16.3 Å². The Kier molecular flexibility index (Phi) is 2.55. The quantitative estimate of drug-likeness (QED) is 0.625. The Morgan fingerprint density at radius 1 is 1.67 bits per heavy atom. The van der Waals surface area contributed by atoms with E-state index in [0.717, 1.165) is 0 Å². The van der Waals surface area contributed by atoms with Crippen LogP contribution >= 0.6 is 11.6 Å². The number of ether oxygens (including phenoxy) is 1. The summed E-state index contributed by atoms with van der Waals surface area (Å²) in [5.74, 6) is -0.434. The lowest BCUT2D eigenvalue weighted by atomic mass is 10.2. The van der Waals surface area contributed by atoms with Crippen LogP contribution in [-0.2, 0) is 4.74 Å². The van der Waals surface area contributed by atoms with Crippen molar-refractivity contribution in [3.63, 3.8) is 0 Å². The lowest BCUT2D eigenvalue weighted by Gasteiger charge is -2.02. The van der Waals surface area contributed by atoms with E-state index in [9.17, 15) is 4.79 Å². The summed E-state index contributed by atoms with van der Waals surface area (Å²) < 4.78 is 4.89. The van der Waals surface area contributed by atoms with Crippen molar-refractivity contribution in [3.8, 4) is 0 Å². The number of H-pyrrole nitrogens is 1. The molecule has 1 N–H and O–H groups in total. The summed E-state index contributed by atoms with van der Waals surface area (Å²) in [6.07, 6.45) is 1.50. The number of fused-ring (bicyclic) bond motifs is 1. The van der Waals surface area contributed by atoms with Gasteiger partial charge in [0.1, 0.15) is 10.7 Å². The van der Waals surface area contributed by atoms with Gasteiger partial charge in [-0.2, -0.15) is 5.10 Å². The molecule has 0 aliphatic heterocycles. The highest BCUT2D eigenvalue weighted by molar-refractivity contribution is 6.30. The first-order chi connectivity index (χ1) is 7.22. The average Bonchev–Trinajstić information content (AvgIpc) is 2.64. The Morgan fingerprint density at radius 3 is 3.20 bits per heavy atom. The van der Waals surface area contributed by atoms with Crippen LogP contribution in [0.5, 0.6) is 0 Å². The van der Waals surface area contributed by atoms with Crippen LogP contribution in [0.2, 0.25) is 5.15 Å². The molecule has 0 fully saturated rings. The molecule has 0 saturated heterocycles. The van der Waals surface area contributed by atoms with Gasteiger partial charge in [0.25, 0.3) is 0 Å². The molecule has 0 aliphatic carbocycles. The summed E-state index contributed by atoms with van der Waals surface area (Å²) in [6.45, 7) is 2.05.